The Hall–Kier alpha value is -0.770. The topological polar surface area (TPSA) is 41.1 Å². The van der Waals surface area contributed by atoms with Crippen LogP contribution in [0.2, 0.25) is 10.0 Å². The van der Waals surface area contributed by atoms with Crippen LogP contribution in [0, 0.1) is 11.3 Å². The van der Waals surface area contributed by atoms with Gasteiger partial charge in [-0.25, -0.2) is 0 Å². The molecule has 1 atom stereocenters. The van der Waals surface area contributed by atoms with Crippen molar-refractivity contribution in [1.29, 1.82) is 0 Å². The highest BCUT2D eigenvalue weighted by Gasteiger charge is 2.43. The Balaban J connectivity index is 1.92. The largest absolute Gasteiger partial charge is 0.355 e. The maximum atomic E-state index is 12.5. The summed E-state index contributed by atoms with van der Waals surface area (Å²) in [5.41, 5.74) is 0.730. The average Bonchev–Trinajstić information content (AvgIpc) is 2.92. The first-order valence-electron chi connectivity index (χ1n) is 7.38. The molecular formula is C16H22Cl2N2O. The lowest BCUT2D eigenvalue weighted by Gasteiger charge is -2.31. The number of amides is 1. The molecule has 0 saturated carbocycles. The summed E-state index contributed by atoms with van der Waals surface area (Å²) < 4.78 is 0. The summed E-state index contributed by atoms with van der Waals surface area (Å²) in [6, 6.07) is 5.46. The molecule has 5 heteroatoms. The van der Waals surface area contributed by atoms with Crippen LogP contribution in [0.3, 0.4) is 0 Å². The molecule has 1 saturated heterocycles. The summed E-state index contributed by atoms with van der Waals surface area (Å²) in [5.74, 6) is 0.471. The third-order valence-electron chi connectivity index (χ3n) is 4.44. The molecule has 1 fully saturated rings. The van der Waals surface area contributed by atoms with Crippen LogP contribution in [0.25, 0.3) is 0 Å². The lowest BCUT2D eigenvalue weighted by Crippen LogP contribution is -2.46. The SMILES string of the molecule is CC(C)C1(C(=O)NCCc2ccc(Cl)cc2Cl)CCNC1. The first-order valence-corrected chi connectivity index (χ1v) is 8.14. The molecule has 21 heavy (non-hydrogen) atoms. The van der Waals surface area contributed by atoms with Crippen LogP contribution < -0.4 is 10.6 Å². The Morgan fingerprint density at radius 3 is 2.76 bits per heavy atom. The summed E-state index contributed by atoms with van der Waals surface area (Å²) in [6.07, 6.45) is 1.61. The first kappa shape index (κ1) is 16.6. The van der Waals surface area contributed by atoms with Gasteiger partial charge in [0.1, 0.15) is 0 Å². The Bertz CT molecular complexity index is 511. The number of rotatable bonds is 5. The molecule has 2 N–H and O–H groups in total. The van der Waals surface area contributed by atoms with Crippen molar-refractivity contribution in [3.05, 3.63) is 33.8 Å². The van der Waals surface area contributed by atoms with E-state index in [1.807, 2.05) is 12.1 Å². The van der Waals surface area contributed by atoms with Crippen LogP contribution in [-0.4, -0.2) is 25.5 Å². The van der Waals surface area contributed by atoms with E-state index in [0.29, 0.717) is 28.9 Å². The Morgan fingerprint density at radius 2 is 2.19 bits per heavy atom. The van der Waals surface area contributed by atoms with E-state index >= 15 is 0 Å². The molecule has 1 heterocycles. The second-order valence-corrected chi connectivity index (χ2v) is 6.82. The quantitative estimate of drug-likeness (QED) is 0.870. The van der Waals surface area contributed by atoms with Gasteiger partial charge in [0.2, 0.25) is 5.91 Å². The summed E-state index contributed by atoms with van der Waals surface area (Å²) in [5, 5.41) is 7.65. The number of carbonyl (C=O) groups excluding carboxylic acids is 1. The van der Waals surface area contributed by atoms with Gasteiger partial charge in [-0.3, -0.25) is 4.79 Å². The van der Waals surface area contributed by atoms with Crippen molar-refractivity contribution in [1.82, 2.24) is 10.6 Å². The van der Waals surface area contributed by atoms with Crippen molar-refractivity contribution in [2.45, 2.75) is 26.7 Å². The normalized spacial score (nSPS) is 21.8. The number of hydrogen-bond donors (Lipinski definition) is 2. The lowest BCUT2D eigenvalue weighted by molar-refractivity contribution is -0.132. The fourth-order valence-electron chi connectivity index (χ4n) is 2.87. The van der Waals surface area contributed by atoms with Crippen molar-refractivity contribution < 1.29 is 4.79 Å². The predicted molar refractivity (Wildman–Crippen MR) is 87.9 cm³/mol. The van der Waals surface area contributed by atoms with Gasteiger partial charge < -0.3 is 10.6 Å². The van der Waals surface area contributed by atoms with E-state index in [0.717, 1.165) is 25.1 Å². The van der Waals surface area contributed by atoms with Crippen molar-refractivity contribution in [3.63, 3.8) is 0 Å². The van der Waals surface area contributed by atoms with Gasteiger partial charge in [-0.1, -0.05) is 43.1 Å². The van der Waals surface area contributed by atoms with Gasteiger partial charge >= 0.3 is 0 Å². The van der Waals surface area contributed by atoms with Gasteiger partial charge in [0.25, 0.3) is 0 Å². The van der Waals surface area contributed by atoms with E-state index < -0.39 is 0 Å². The highest BCUT2D eigenvalue weighted by atomic mass is 35.5. The molecule has 1 aliphatic rings. The van der Waals surface area contributed by atoms with E-state index in [-0.39, 0.29) is 11.3 Å². The molecule has 0 aromatic heterocycles. The van der Waals surface area contributed by atoms with Crippen molar-refractivity contribution in [2.75, 3.05) is 19.6 Å². The van der Waals surface area contributed by atoms with E-state index in [1.54, 1.807) is 6.07 Å². The number of hydrogen-bond acceptors (Lipinski definition) is 2. The van der Waals surface area contributed by atoms with E-state index in [1.165, 1.54) is 0 Å². The van der Waals surface area contributed by atoms with Gasteiger partial charge in [0.05, 0.1) is 5.41 Å². The highest BCUT2D eigenvalue weighted by Crippen LogP contribution is 2.34. The zero-order chi connectivity index (χ0) is 15.5. The molecule has 0 bridgehead atoms. The van der Waals surface area contributed by atoms with Crippen molar-refractivity contribution in [2.24, 2.45) is 11.3 Å². The zero-order valence-electron chi connectivity index (χ0n) is 12.5. The molecule has 1 aromatic rings. The van der Waals surface area contributed by atoms with Crippen molar-refractivity contribution in [3.8, 4) is 0 Å². The zero-order valence-corrected chi connectivity index (χ0v) is 14.0. The molecule has 0 radical (unpaired) electrons. The highest BCUT2D eigenvalue weighted by molar-refractivity contribution is 6.35. The molecule has 1 unspecified atom stereocenters. The molecule has 2 rings (SSSR count). The minimum Gasteiger partial charge on any atom is -0.355 e. The monoisotopic (exact) mass is 328 g/mol. The summed E-state index contributed by atoms with van der Waals surface area (Å²) >= 11 is 12.0. The molecule has 3 nitrogen and oxygen atoms in total. The Labute approximate surface area is 136 Å². The van der Waals surface area contributed by atoms with Gasteiger partial charge in [0, 0.05) is 23.1 Å². The van der Waals surface area contributed by atoms with E-state index in [2.05, 4.69) is 24.5 Å². The van der Waals surface area contributed by atoms with Crippen LogP contribution in [0.4, 0.5) is 0 Å². The van der Waals surface area contributed by atoms with Crippen LogP contribution in [-0.2, 0) is 11.2 Å². The average molecular weight is 329 g/mol. The minimum atomic E-state index is -0.274. The maximum absolute atomic E-state index is 12.5. The Kier molecular flexibility index (Phi) is 5.53. The number of carbonyl (C=O) groups is 1. The Morgan fingerprint density at radius 1 is 1.43 bits per heavy atom. The summed E-state index contributed by atoms with van der Waals surface area (Å²) in [6.45, 7) is 6.49. The minimum absolute atomic E-state index is 0.146. The van der Waals surface area contributed by atoms with Crippen LogP contribution in [0.15, 0.2) is 18.2 Å². The van der Waals surface area contributed by atoms with Gasteiger partial charge in [-0.15, -0.1) is 0 Å². The maximum Gasteiger partial charge on any atom is 0.227 e. The first-order chi connectivity index (χ1) is 9.95. The fraction of sp³-hybridized carbons (Fsp3) is 0.562. The van der Waals surface area contributed by atoms with Crippen LogP contribution in [0.1, 0.15) is 25.8 Å². The predicted octanol–water partition coefficient (Wildman–Crippen LogP) is 3.29. The number of nitrogens with one attached hydrogen (secondary N) is 2. The standard InChI is InChI=1S/C16H22Cl2N2O/c1-11(2)16(6-8-19-10-16)15(21)20-7-5-12-3-4-13(17)9-14(12)18/h3-4,9,11,19H,5-8,10H2,1-2H3,(H,20,21). The number of halogens is 2. The van der Waals surface area contributed by atoms with E-state index in [9.17, 15) is 4.79 Å². The summed E-state index contributed by atoms with van der Waals surface area (Å²) in [4.78, 5) is 12.5. The smallest absolute Gasteiger partial charge is 0.227 e. The van der Waals surface area contributed by atoms with Crippen LogP contribution >= 0.6 is 23.2 Å². The van der Waals surface area contributed by atoms with E-state index in [4.69, 9.17) is 23.2 Å². The second kappa shape index (κ2) is 6.99. The molecule has 0 spiro atoms. The third kappa shape index (κ3) is 3.71. The number of benzene rings is 1. The molecular weight excluding hydrogens is 307 g/mol. The van der Waals surface area contributed by atoms with Gasteiger partial charge in [-0.05, 0) is 43.0 Å². The third-order valence-corrected chi connectivity index (χ3v) is 5.03. The molecule has 1 aromatic carbocycles. The molecule has 0 aliphatic carbocycles. The molecule has 1 aliphatic heterocycles. The van der Waals surface area contributed by atoms with Gasteiger partial charge in [-0.2, -0.15) is 0 Å². The lowest BCUT2D eigenvalue weighted by atomic mass is 9.75. The second-order valence-electron chi connectivity index (χ2n) is 5.98. The van der Waals surface area contributed by atoms with Gasteiger partial charge in [0.15, 0.2) is 0 Å². The molecule has 1 amide bonds. The van der Waals surface area contributed by atoms with Crippen LogP contribution in [0.5, 0.6) is 0 Å². The fourth-order valence-corrected chi connectivity index (χ4v) is 3.37. The molecule has 116 valence electrons. The summed E-state index contributed by atoms with van der Waals surface area (Å²) in [7, 11) is 0. The van der Waals surface area contributed by atoms with Crippen molar-refractivity contribution >= 4 is 29.1 Å².